The monoisotopic (exact) mass is 360 g/mol. The average Bonchev–Trinajstić information content (AvgIpc) is 2.25. The molecule has 0 spiro atoms. The third-order valence-electron chi connectivity index (χ3n) is 1.72. The van der Waals surface area contributed by atoms with Crippen LogP contribution in [0.25, 0.3) is 0 Å². The second kappa shape index (κ2) is 7.20. The van der Waals surface area contributed by atoms with Gasteiger partial charge in [0, 0.05) is 0 Å². The molecule has 0 rings (SSSR count). The number of rotatable bonds is 4. The van der Waals surface area contributed by atoms with E-state index in [0.29, 0.717) is 0 Å². The minimum absolute atomic E-state index is 0. The van der Waals surface area contributed by atoms with Crippen LogP contribution in [0.1, 0.15) is 1.43 Å². The van der Waals surface area contributed by atoms with E-state index in [1.165, 1.54) is 0 Å². The summed E-state index contributed by atoms with van der Waals surface area (Å²) < 4.78 is 115. The fourth-order valence-corrected chi connectivity index (χ4v) is 0.727. The van der Waals surface area contributed by atoms with Gasteiger partial charge in [-0.1, -0.05) is 0 Å². The van der Waals surface area contributed by atoms with Gasteiger partial charge in [-0.25, -0.2) is 9.59 Å². The van der Waals surface area contributed by atoms with Crippen molar-refractivity contribution in [2.24, 2.45) is 0 Å². The predicted octanol–water partition coefficient (Wildman–Crippen LogP) is -2.42. The maximum atomic E-state index is 12.7. The molecule has 0 radical (unpaired) electrons. The van der Waals surface area contributed by atoms with Gasteiger partial charge >= 0.3 is 62.3 Å². The van der Waals surface area contributed by atoms with E-state index in [9.17, 15) is 49.1 Å². The van der Waals surface area contributed by atoms with Crippen LogP contribution in [0.15, 0.2) is 0 Å². The molecule has 2 N–H and O–H groups in total. The zero-order valence-electron chi connectivity index (χ0n) is 11.5. The van der Waals surface area contributed by atoms with E-state index in [1.54, 1.807) is 0 Å². The third-order valence-corrected chi connectivity index (χ3v) is 1.72. The molecule has 0 aliphatic heterocycles. The smallest absolute Gasteiger partial charge is 1.00 e. The molecule has 0 bridgehead atoms. The van der Waals surface area contributed by atoms with Crippen molar-refractivity contribution in [3.05, 3.63) is 0 Å². The Morgan fingerprint density at radius 1 is 0.826 bits per heavy atom. The van der Waals surface area contributed by atoms with Crippen molar-refractivity contribution in [1.29, 1.82) is 0 Å². The molecule has 0 aromatic heterocycles. The first-order valence-corrected chi connectivity index (χ1v) is 4.47. The van der Waals surface area contributed by atoms with Crippen molar-refractivity contribution in [1.82, 2.24) is 0 Å². The summed E-state index contributed by atoms with van der Waals surface area (Å²) in [6.07, 6.45) is -13.9. The van der Waals surface area contributed by atoms with Gasteiger partial charge in [0.2, 0.25) is 0 Å². The summed E-state index contributed by atoms with van der Waals surface area (Å²) in [5, 5.41) is 15.9. The van der Waals surface area contributed by atoms with Crippen LogP contribution in [0, 0.1) is 0 Å². The summed E-state index contributed by atoms with van der Waals surface area (Å²) in [7, 11) is -3.11. The van der Waals surface area contributed by atoms with Gasteiger partial charge in [0.05, 0.1) is 0 Å². The van der Waals surface area contributed by atoms with Crippen molar-refractivity contribution >= 4 is 19.3 Å². The van der Waals surface area contributed by atoms with Crippen molar-refractivity contribution in [2.45, 2.75) is 24.1 Å². The Hall–Kier alpha value is -1.11. The molecule has 0 atom stereocenters. The fraction of sp³-hybridized carbons (Fsp3) is 0.667. The number of hydrogen-bond donors (Lipinski definition) is 2. The van der Waals surface area contributed by atoms with Gasteiger partial charge < -0.3 is 20.9 Å². The van der Waals surface area contributed by atoms with Crippen LogP contribution in [-0.4, -0.2) is 53.4 Å². The number of carbonyl (C=O) groups excluding carboxylic acids is 2. The minimum Gasteiger partial charge on any atom is -1.00 e. The maximum Gasteiger partial charge on any atom is 1.00 e. The number of ether oxygens (including phenoxy) is 1. The van der Waals surface area contributed by atoms with Gasteiger partial charge in [-0.2, -0.15) is 39.5 Å². The van der Waals surface area contributed by atoms with Gasteiger partial charge in [-0.05, 0) is 0 Å². The van der Waals surface area contributed by atoms with Crippen LogP contribution in [0.2, 0.25) is 0 Å². The molecule has 17 heteroatoms. The van der Waals surface area contributed by atoms with E-state index in [0.717, 1.165) is 0 Å². The molecule has 0 aliphatic rings. The fourth-order valence-electron chi connectivity index (χ4n) is 0.727. The molecule has 23 heavy (non-hydrogen) atoms. The summed E-state index contributed by atoms with van der Waals surface area (Å²) in [6.45, 7) is 0. The topological polar surface area (TPSA) is 93.1 Å². The Morgan fingerprint density at radius 2 is 1.22 bits per heavy atom. The van der Waals surface area contributed by atoms with Crippen LogP contribution in [0.5, 0.6) is 0 Å². The summed E-state index contributed by atoms with van der Waals surface area (Å²) in [6, 6.07) is 0. The molecule has 130 valence electrons. The van der Waals surface area contributed by atoms with E-state index >= 15 is 0 Å². The molecule has 0 amide bonds. The molecule has 0 aliphatic carbocycles. The van der Waals surface area contributed by atoms with Crippen LogP contribution in [0.3, 0.4) is 0 Å². The number of carbonyl (C=O) groups is 2. The largest absolute Gasteiger partial charge is 1.00 e. The van der Waals surface area contributed by atoms with Crippen LogP contribution < -0.4 is 18.9 Å². The van der Waals surface area contributed by atoms with Gasteiger partial charge in [0.25, 0.3) is 0 Å². The van der Waals surface area contributed by atoms with Crippen LogP contribution in [0.4, 0.5) is 39.5 Å². The van der Waals surface area contributed by atoms with Gasteiger partial charge in [0.15, 0.2) is 0 Å². The first kappa shape index (κ1) is 24.1. The second-order valence-corrected chi connectivity index (χ2v) is 3.28. The molecular formula is C6H3BF9LiO6. The first-order valence-electron chi connectivity index (χ1n) is 4.47. The Balaban J connectivity index is -0.00000220. The SMILES string of the molecule is O=C(OB(O)O)C(=O)OC(F)(F)C(F)(F)C(F)(F)C(F)(F)F.[H-].[Li+]. The van der Waals surface area contributed by atoms with E-state index in [-0.39, 0.29) is 20.3 Å². The van der Waals surface area contributed by atoms with Gasteiger partial charge in [0.1, 0.15) is 0 Å². The Bertz CT molecular complexity index is 458. The minimum atomic E-state index is -7.33. The van der Waals surface area contributed by atoms with Gasteiger partial charge in [-0.15, -0.1) is 0 Å². The molecule has 0 saturated carbocycles. The number of halogens is 9. The van der Waals surface area contributed by atoms with Crippen molar-refractivity contribution in [3.8, 4) is 0 Å². The van der Waals surface area contributed by atoms with E-state index < -0.39 is 43.4 Å². The summed E-state index contributed by atoms with van der Waals surface area (Å²) >= 11 is 0. The maximum absolute atomic E-state index is 12.7. The van der Waals surface area contributed by atoms with Gasteiger partial charge in [-0.3, -0.25) is 0 Å². The first-order chi connectivity index (χ1) is 9.47. The van der Waals surface area contributed by atoms with E-state index in [1.807, 2.05) is 0 Å². The molecule has 0 unspecified atom stereocenters. The molecule has 0 saturated heterocycles. The Kier molecular flexibility index (Phi) is 7.56. The predicted molar refractivity (Wildman–Crippen MR) is 44.4 cm³/mol. The molecule has 0 fully saturated rings. The van der Waals surface area contributed by atoms with Crippen molar-refractivity contribution in [2.75, 3.05) is 0 Å². The van der Waals surface area contributed by atoms with Crippen LogP contribution >= 0.6 is 0 Å². The zero-order chi connectivity index (χ0) is 18.1. The third kappa shape index (κ3) is 4.93. The van der Waals surface area contributed by atoms with E-state index in [2.05, 4.69) is 9.39 Å². The normalized spacial score (nSPS) is 13.0. The standard InChI is InChI=1S/C6H2BF9O6.Li.H/c8-3(9,5(12,13)14)4(10,11)6(15,16)21-1(17)2(18)22-7(19)20;;/h19-20H;;/q;+1;-1. The molecule has 0 heterocycles. The molecule has 0 aromatic carbocycles. The van der Waals surface area contributed by atoms with Crippen LogP contribution in [-0.2, 0) is 19.0 Å². The Labute approximate surface area is 133 Å². The Morgan fingerprint density at radius 3 is 1.52 bits per heavy atom. The second-order valence-electron chi connectivity index (χ2n) is 3.28. The summed E-state index contributed by atoms with van der Waals surface area (Å²) in [5.74, 6) is -20.6. The number of alkyl halides is 9. The van der Waals surface area contributed by atoms with Crippen molar-refractivity contribution < 1.29 is 88.8 Å². The molecule has 0 aromatic rings. The summed E-state index contributed by atoms with van der Waals surface area (Å²) in [5.41, 5.74) is 0. The molecular weight excluding hydrogens is 357 g/mol. The quantitative estimate of drug-likeness (QED) is 0.251. The average molecular weight is 360 g/mol. The number of hydrogen-bond acceptors (Lipinski definition) is 6. The van der Waals surface area contributed by atoms with Crippen molar-refractivity contribution in [3.63, 3.8) is 0 Å². The zero-order valence-corrected chi connectivity index (χ0v) is 10.5. The molecule has 6 nitrogen and oxygen atoms in total. The number of esters is 1. The van der Waals surface area contributed by atoms with E-state index in [4.69, 9.17) is 10.0 Å². The summed E-state index contributed by atoms with van der Waals surface area (Å²) in [4.78, 5) is 20.9.